The summed E-state index contributed by atoms with van der Waals surface area (Å²) in [7, 11) is 1.73. The quantitative estimate of drug-likeness (QED) is 0.668. The molecule has 1 atom stereocenters. The van der Waals surface area contributed by atoms with E-state index < -0.39 is 0 Å². The molecule has 1 rings (SSSR count). The van der Waals surface area contributed by atoms with E-state index in [9.17, 15) is 4.79 Å². The van der Waals surface area contributed by atoms with E-state index in [4.69, 9.17) is 4.74 Å². The maximum atomic E-state index is 10.2. The van der Waals surface area contributed by atoms with Crippen LogP contribution in [0.25, 0.3) is 0 Å². The lowest BCUT2D eigenvalue weighted by atomic mass is 10.0. The normalized spacial score (nSPS) is 12.4. The van der Waals surface area contributed by atoms with Crippen LogP contribution in [-0.4, -0.2) is 19.5 Å². The molecule has 1 aromatic carbocycles. The van der Waals surface area contributed by atoms with Crippen molar-refractivity contribution >= 4 is 6.29 Å². The van der Waals surface area contributed by atoms with Crippen molar-refractivity contribution in [3.05, 3.63) is 35.4 Å². The van der Waals surface area contributed by atoms with Crippen LogP contribution in [0.2, 0.25) is 0 Å². The van der Waals surface area contributed by atoms with Crippen LogP contribution in [0, 0.1) is 0 Å². The van der Waals surface area contributed by atoms with E-state index in [1.165, 1.54) is 11.1 Å². The van der Waals surface area contributed by atoms with Gasteiger partial charge in [0, 0.05) is 13.5 Å². The standard InChI is InChI=1S/C13H18O2/c1-11(15-2)10-13-7-5-12(6-8-13)4-3-9-14/h5-9,11H,3-4,10H2,1-2H3. The van der Waals surface area contributed by atoms with Gasteiger partial charge in [0.05, 0.1) is 6.10 Å². The summed E-state index contributed by atoms with van der Waals surface area (Å²) in [4.78, 5) is 10.2. The predicted octanol–water partition coefficient (Wildman–Crippen LogP) is 2.40. The summed E-state index contributed by atoms with van der Waals surface area (Å²) in [5.41, 5.74) is 2.50. The van der Waals surface area contributed by atoms with Crippen molar-refractivity contribution in [2.45, 2.75) is 32.3 Å². The summed E-state index contributed by atoms with van der Waals surface area (Å²) in [6.45, 7) is 2.06. The molecule has 15 heavy (non-hydrogen) atoms. The zero-order valence-electron chi connectivity index (χ0n) is 9.40. The maximum Gasteiger partial charge on any atom is 0.120 e. The van der Waals surface area contributed by atoms with Crippen LogP contribution < -0.4 is 0 Å². The fourth-order valence-electron chi connectivity index (χ4n) is 1.48. The molecule has 0 radical (unpaired) electrons. The van der Waals surface area contributed by atoms with Gasteiger partial charge in [-0.25, -0.2) is 0 Å². The number of ether oxygens (including phenoxy) is 1. The molecule has 82 valence electrons. The number of carbonyl (C=O) groups excluding carboxylic acids is 1. The zero-order chi connectivity index (χ0) is 11.1. The number of benzene rings is 1. The highest BCUT2D eigenvalue weighted by atomic mass is 16.5. The Balaban J connectivity index is 2.52. The van der Waals surface area contributed by atoms with Crippen molar-refractivity contribution in [1.29, 1.82) is 0 Å². The van der Waals surface area contributed by atoms with Crippen molar-refractivity contribution in [3.63, 3.8) is 0 Å². The molecule has 0 aliphatic carbocycles. The van der Waals surface area contributed by atoms with Gasteiger partial charge in [0.2, 0.25) is 0 Å². The van der Waals surface area contributed by atoms with Crippen molar-refractivity contribution in [1.82, 2.24) is 0 Å². The molecule has 0 amide bonds. The molecular weight excluding hydrogens is 188 g/mol. The van der Waals surface area contributed by atoms with E-state index in [1.54, 1.807) is 7.11 Å². The highest BCUT2D eigenvalue weighted by Gasteiger charge is 2.01. The van der Waals surface area contributed by atoms with Gasteiger partial charge in [0.15, 0.2) is 0 Å². The second-order valence-corrected chi connectivity index (χ2v) is 3.77. The Morgan fingerprint density at radius 2 is 1.87 bits per heavy atom. The van der Waals surface area contributed by atoms with E-state index >= 15 is 0 Å². The number of methoxy groups -OCH3 is 1. The zero-order valence-corrected chi connectivity index (χ0v) is 9.40. The number of aldehydes is 1. The van der Waals surface area contributed by atoms with E-state index in [2.05, 4.69) is 31.2 Å². The van der Waals surface area contributed by atoms with Crippen LogP contribution in [0.5, 0.6) is 0 Å². The van der Waals surface area contributed by atoms with Gasteiger partial charge in [-0.2, -0.15) is 0 Å². The molecular formula is C13H18O2. The number of hydrogen-bond donors (Lipinski definition) is 0. The number of hydrogen-bond acceptors (Lipinski definition) is 2. The third-order valence-electron chi connectivity index (χ3n) is 2.50. The molecule has 0 saturated carbocycles. The molecule has 0 N–H and O–H groups in total. The van der Waals surface area contributed by atoms with E-state index in [1.807, 2.05) is 0 Å². The minimum atomic E-state index is 0.255. The molecule has 0 heterocycles. The monoisotopic (exact) mass is 206 g/mol. The maximum absolute atomic E-state index is 10.2. The Morgan fingerprint density at radius 1 is 1.27 bits per heavy atom. The first-order chi connectivity index (χ1) is 7.26. The summed E-state index contributed by atoms with van der Waals surface area (Å²) in [6, 6.07) is 8.38. The van der Waals surface area contributed by atoms with Gasteiger partial charge >= 0.3 is 0 Å². The Labute approximate surface area is 91.3 Å². The highest BCUT2D eigenvalue weighted by Crippen LogP contribution is 2.09. The highest BCUT2D eigenvalue weighted by molar-refractivity contribution is 5.50. The van der Waals surface area contributed by atoms with Crippen LogP contribution in [0.1, 0.15) is 24.5 Å². The molecule has 0 aromatic heterocycles. The van der Waals surface area contributed by atoms with E-state index in [0.717, 1.165) is 19.1 Å². The lowest BCUT2D eigenvalue weighted by Crippen LogP contribution is -2.08. The summed E-state index contributed by atoms with van der Waals surface area (Å²) in [5.74, 6) is 0. The third kappa shape index (κ3) is 4.26. The van der Waals surface area contributed by atoms with Gasteiger partial charge in [-0.3, -0.25) is 0 Å². The molecule has 1 unspecified atom stereocenters. The van der Waals surface area contributed by atoms with Crippen LogP contribution in [0.15, 0.2) is 24.3 Å². The minimum Gasteiger partial charge on any atom is -0.381 e. The predicted molar refractivity (Wildman–Crippen MR) is 61.0 cm³/mol. The largest absolute Gasteiger partial charge is 0.381 e. The topological polar surface area (TPSA) is 26.3 Å². The lowest BCUT2D eigenvalue weighted by Gasteiger charge is -2.09. The first kappa shape index (κ1) is 11.9. The molecule has 1 aromatic rings. The van der Waals surface area contributed by atoms with Gasteiger partial charge in [0.1, 0.15) is 6.29 Å². The molecule has 0 aliphatic heterocycles. The second-order valence-electron chi connectivity index (χ2n) is 3.77. The van der Waals surface area contributed by atoms with Gasteiger partial charge in [-0.05, 0) is 30.9 Å². The number of aryl methyl sites for hydroxylation is 1. The summed E-state index contributed by atoms with van der Waals surface area (Å²) < 4.78 is 5.20. The van der Waals surface area contributed by atoms with Gasteiger partial charge < -0.3 is 9.53 Å². The first-order valence-electron chi connectivity index (χ1n) is 5.30. The van der Waals surface area contributed by atoms with Crippen LogP contribution in [0.3, 0.4) is 0 Å². The average molecular weight is 206 g/mol. The molecule has 2 nitrogen and oxygen atoms in total. The molecule has 0 saturated heterocycles. The van der Waals surface area contributed by atoms with Crippen LogP contribution >= 0.6 is 0 Å². The average Bonchev–Trinajstić information content (AvgIpc) is 2.28. The van der Waals surface area contributed by atoms with Crippen molar-refractivity contribution in [3.8, 4) is 0 Å². The van der Waals surface area contributed by atoms with E-state index in [0.29, 0.717) is 6.42 Å². The minimum absolute atomic E-state index is 0.255. The van der Waals surface area contributed by atoms with Crippen LogP contribution in [-0.2, 0) is 22.4 Å². The molecule has 2 heteroatoms. The van der Waals surface area contributed by atoms with Gasteiger partial charge in [-0.1, -0.05) is 24.3 Å². The Hall–Kier alpha value is -1.15. The summed E-state index contributed by atoms with van der Waals surface area (Å²) in [6.07, 6.45) is 3.59. The fraction of sp³-hybridized carbons (Fsp3) is 0.462. The van der Waals surface area contributed by atoms with Crippen molar-refractivity contribution in [2.24, 2.45) is 0 Å². The summed E-state index contributed by atoms with van der Waals surface area (Å²) in [5, 5.41) is 0. The van der Waals surface area contributed by atoms with Crippen LogP contribution in [0.4, 0.5) is 0 Å². The Bertz CT molecular complexity index is 290. The second kappa shape index (κ2) is 6.36. The lowest BCUT2D eigenvalue weighted by molar-refractivity contribution is -0.107. The molecule has 0 fully saturated rings. The third-order valence-corrected chi connectivity index (χ3v) is 2.50. The van der Waals surface area contributed by atoms with Gasteiger partial charge in [-0.15, -0.1) is 0 Å². The fourth-order valence-corrected chi connectivity index (χ4v) is 1.48. The Kier molecular flexibility index (Phi) is 5.05. The SMILES string of the molecule is COC(C)Cc1ccc(CCC=O)cc1. The van der Waals surface area contributed by atoms with E-state index in [-0.39, 0.29) is 6.10 Å². The number of rotatable bonds is 6. The van der Waals surface area contributed by atoms with Gasteiger partial charge in [0.25, 0.3) is 0 Å². The molecule has 0 bridgehead atoms. The smallest absolute Gasteiger partial charge is 0.120 e. The van der Waals surface area contributed by atoms with Crippen molar-refractivity contribution in [2.75, 3.05) is 7.11 Å². The number of carbonyl (C=O) groups is 1. The molecule has 0 spiro atoms. The molecule has 0 aliphatic rings. The van der Waals surface area contributed by atoms with Crippen molar-refractivity contribution < 1.29 is 9.53 Å². The first-order valence-corrected chi connectivity index (χ1v) is 5.30. The Morgan fingerprint density at radius 3 is 2.40 bits per heavy atom. The summed E-state index contributed by atoms with van der Waals surface area (Å²) >= 11 is 0.